The van der Waals surface area contributed by atoms with Gasteiger partial charge in [0.25, 0.3) is 0 Å². The van der Waals surface area contributed by atoms with Crippen molar-refractivity contribution in [3.05, 3.63) is 35.9 Å². The summed E-state index contributed by atoms with van der Waals surface area (Å²) in [5, 5.41) is 0. The standard InChI is InChI=1S/C22H35NO5/c1-8-16(2)20(18(26-7)14-19(24)28-22(3,4)5)23(6)21(25)27-15-17-12-10-9-11-13-17/h9-13,16,18,20H,8,14-15H2,1-7H3/t16?,18-,20?/m1/s1. The Bertz CT molecular complexity index is 611. The highest BCUT2D eigenvalue weighted by Gasteiger charge is 2.35. The number of hydrogen-bond donors (Lipinski definition) is 0. The van der Waals surface area contributed by atoms with Crippen LogP contribution in [-0.4, -0.2) is 48.9 Å². The Hall–Kier alpha value is -2.08. The minimum absolute atomic E-state index is 0.0685. The summed E-state index contributed by atoms with van der Waals surface area (Å²) in [4.78, 5) is 26.5. The number of amides is 1. The van der Waals surface area contributed by atoms with Gasteiger partial charge in [0, 0.05) is 14.2 Å². The molecular weight excluding hydrogens is 358 g/mol. The molecule has 0 saturated carbocycles. The van der Waals surface area contributed by atoms with Crippen LogP contribution in [0.3, 0.4) is 0 Å². The van der Waals surface area contributed by atoms with E-state index < -0.39 is 17.8 Å². The van der Waals surface area contributed by atoms with Gasteiger partial charge in [0.15, 0.2) is 0 Å². The van der Waals surface area contributed by atoms with Crippen LogP contribution < -0.4 is 0 Å². The van der Waals surface area contributed by atoms with E-state index >= 15 is 0 Å². The van der Waals surface area contributed by atoms with Crippen LogP contribution in [0, 0.1) is 5.92 Å². The summed E-state index contributed by atoms with van der Waals surface area (Å²) in [5.41, 5.74) is 0.350. The van der Waals surface area contributed by atoms with Crippen LogP contribution in [0.5, 0.6) is 0 Å². The molecule has 158 valence electrons. The lowest BCUT2D eigenvalue weighted by Crippen LogP contribution is -2.50. The molecule has 1 amide bonds. The Balaban J connectivity index is 2.85. The Morgan fingerprint density at radius 1 is 1.14 bits per heavy atom. The molecule has 28 heavy (non-hydrogen) atoms. The van der Waals surface area contributed by atoms with E-state index in [0.717, 1.165) is 12.0 Å². The minimum atomic E-state index is -0.568. The highest BCUT2D eigenvalue weighted by atomic mass is 16.6. The molecule has 0 N–H and O–H groups in total. The molecule has 0 bridgehead atoms. The SMILES string of the molecule is CCC(C)C([C@@H](CC(=O)OC(C)(C)C)OC)N(C)C(=O)OCc1ccccc1. The fraction of sp³-hybridized carbons (Fsp3) is 0.636. The summed E-state index contributed by atoms with van der Waals surface area (Å²) < 4.78 is 16.5. The Kier molecular flexibility index (Phi) is 9.46. The van der Waals surface area contributed by atoms with Crippen molar-refractivity contribution in [1.29, 1.82) is 0 Å². The lowest BCUT2D eigenvalue weighted by molar-refractivity contribution is -0.159. The molecule has 0 spiro atoms. The monoisotopic (exact) mass is 393 g/mol. The molecule has 0 aliphatic carbocycles. The van der Waals surface area contributed by atoms with Crippen molar-refractivity contribution in [3.63, 3.8) is 0 Å². The summed E-state index contributed by atoms with van der Waals surface area (Å²) in [5.74, 6) is -0.236. The second kappa shape index (κ2) is 11.1. The molecule has 1 aromatic carbocycles. The predicted octanol–water partition coefficient (Wildman–Crippen LogP) is 4.42. The van der Waals surface area contributed by atoms with E-state index in [9.17, 15) is 9.59 Å². The zero-order valence-corrected chi connectivity index (χ0v) is 18.2. The van der Waals surface area contributed by atoms with Crippen molar-refractivity contribution in [2.45, 2.75) is 71.8 Å². The van der Waals surface area contributed by atoms with Crippen LogP contribution in [-0.2, 0) is 25.6 Å². The Morgan fingerprint density at radius 3 is 2.25 bits per heavy atom. The predicted molar refractivity (Wildman–Crippen MR) is 109 cm³/mol. The van der Waals surface area contributed by atoms with Crippen LogP contribution in [0.25, 0.3) is 0 Å². The molecular formula is C22H35NO5. The highest BCUT2D eigenvalue weighted by molar-refractivity contribution is 5.71. The second-order valence-corrected chi connectivity index (χ2v) is 8.09. The fourth-order valence-electron chi connectivity index (χ4n) is 3.07. The number of rotatable bonds is 9. The average molecular weight is 394 g/mol. The van der Waals surface area contributed by atoms with E-state index in [1.165, 1.54) is 4.90 Å². The molecule has 0 saturated heterocycles. The summed E-state index contributed by atoms with van der Waals surface area (Å²) >= 11 is 0. The average Bonchev–Trinajstić information content (AvgIpc) is 2.64. The van der Waals surface area contributed by atoms with Gasteiger partial charge in [-0.3, -0.25) is 4.79 Å². The van der Waals surface area contributed by atoms with E-state index in [2.05, 4.69) is 0 Å². The first-order valence-corrected chi connectivity index (χ1v) is 9.77. The van der Waals surface area contributed by atoms with Crippen molar-refractivity contribution < 1.29 is 23.8 Å². The lowest BCUT2D eigenvalue weighted by atomic mass is 9.91. The largest absolute Gasteiger partial charge is 0.460 e. The second-order valence-electron chi connectivity index (χ2n) is 8.09. The van der Waals surface area contributed by atoms with Crippen molar-refractivity contribution in [1.82, 2.24) is 4.90 Å². The van der Waals surface area contributed by atoms with E-state index in [1.54, 1.807) is 14.2 Å². The maximum Gasteiger partial charge on any atom is 0.410 e. The van der Waals surface area contributed by atoms with Crippen molar-refractivity contribution in [2.75, 3.05) is 14.2 Å². The molecule has 0 aromatic heterocycles. The van der Waals surface area contributed by atoms with Crippen LogP contribution in [0.1, 0.15) is 53.0 Å². The summed E-state index contributed by atoms with van der Waals surface area (Å²) in [7, 11) is 3.23. The third-order valence-electron chi connectivity index (χ3n) is 4.64. The topological polar surface area (TPSA) is 65.1 Å². The molecule has 1 aromatic rings. The number of nitrogens with zero attached hydrogens (tertiary/aromatic N) is 1. The van der Waals surface area contributed by atoms with Gasteiger partial charge in [-0.15, -0.1) is 0 Å². The van der Waals surface area contributed by atoms with Gasteiger partial charge in [0.05, 0.1) is 18.6 Å². The number of methoxy groups -OCH3 is 1. The first-order valence-electron chi connectivity index (χ1n) is 9.77. The van der Waals surface area contributed by atoms with Gasteiger partial charge < -0.3 is 19.1 Å². The third-order valence-corrected chi connectivity index (χ3v) is 4.64. The zero-order chi connectivity index (χ0) is 21.3. The van der Waals surface area contributed by atoms with E-state index in [-0.39, 0.29) is 31.0 Å². The minimum Gasteiger partial charge on any atom is -0.460 e. The summed E-state index contributed by atoms with van der Waals surface area (Å²) in [6, 6.07) is 9.20. The number of esters is 1. The van der Waals surface area contributed by atoms with E-state index in [0.29, 0.717) is 0 Å². The van der Waals surface area contributed by atoms with Gasteiger partial charge in [-0.05, 0) is 32.3 Å². The number of ether oxygens (including phenoxy) is 3. The fourth-order valence-corrected chi connectivity index (χ4v) is 3.07. The zero-order valence-electron chi connectivity index (χ0n) is 18.2. The lowest BCUT2D eigenvalue weighted by Gasteiger charge is -2.37. The molecule has 6 nitrogen and oxygen atoms in total. The number of carbonyl (C=O) groups is 2. The highest BCUT2D eigenvalue weighted by Crippen LogP contribution is 2.23. The molecule has 3 atom stereocenters. The molecule has 0 radical (unpaired) electrons. The van der Waals surface area contributed by atoms with Gasteiger partial charge in [-0.2, -0.15) is 0 Å². The van der Waals surface area contributed by atoms with Crippen LogP contribution in [0.2, 0.25) is 0 Å². The van der Waals surface area contributed by atoms with Crippen molar-refractivity contribution >= 4 is 12.1 Å². The molecule has 2 unspecified atom stereocenters. The Morgan fingerprint density at radius 2 is 1.75 bits per heavy atom. The smallest absolute Gasteiger partial charge is 0.410 e. The van der Waals surface area contributed by atoms with Crippen LogP contribution >= 0.6 is 0 Å². The van der Waals surface area contributed by atoms with Gasteiger partial charge in [-0.25, -0.2) is 4.79 Å². The maximum atomic E-state index is 12.6. The Labute approximate surface area is 169 Å². The summed E-state index contributed by atoms with van der Waals surface area (Å²) in [6.45, 7) is 9.75. The molecule has 0 fully saturated rings. The van der Waals surface area contributed by atoms with Gasteiger partial charge in [0.1, 0.15) is 12.2 Å². The first kappa shape index (κ1) is 24.0. The van der Waals surface area contributed by atoms with Crippen molar-refractivity contribution in [3.8, 4) is 0 Å². The number of hydrogen-bond acceptors (Lipinski definition) is 5. The molecule has 1 rings (SSSR count). The maximum absolute atomic E-state index is 12.6. The third kappa shape index (κ3) is 7.89. The quantitative estimate of drug-likeness (QED) is 0.581. The summed E-state index contributed by atoms with van der Waals surface area (Å²) in [6.07, 6.45) is -0.0340. The molecule has 0 aliphatic rings. The normalized spacial score (nSPS) is 14.7. The van der Waals surface area contributed by atoms with E-state index in [1.807, 2.05) is 65.0 Å². The number of carbonyl (C=O) groups excluding carboxylic acids is 2. The number of likely N-dealkylation sites (N-methyl/N-ethyl adjacent to an activating group) is 1. The van der Waals surface area contributed by atoms with Crippen LogP contribution in [0.4, 0.5) is 4.79 Å². The first-order chi connectivity index (χ1) is 13.1. The van der Waals surface area contributed by atoms with E-state index in [4.69, 9.17) is 14.2 Å². The molecule has 6 heteroatoms. The van der Waals surface area contributed by atoms with Gasteiger partial charge in [-0.1, -0.05) is 50.6 Å². The number of benzene rings is 1. The van der Waals surface area contributed by atoms with Crippen LogP contribution in [0.15, 0.2) is 30.3 Å². The molecule has 0 aliphatic heterocycles. The van der Waals surface area contributed by atoms with Crippen molar-refractivity contribution in [2.24, 2.45) is 5.92 Å². The molecule has 0 heterocycles. The van der Waals surface area contributed by atoms with Gasteiger partial charge >= 0.3 is 12.1 Å². The van der Waals surface area contributed by atoms with Gasteiger partial charge in [0.2, 0.25) is 0 Å².